The molecular weight excluding hydrogens is 360 g/mol. The smallest absolute Gasteiger partial charge is 0.344 e. The molecule has 2 aromatic carbocycles. The van der Waals surface area contributed by atoms with E-state index in [-0.39, 0.29) is 12.4 Å². The molecule has 2 rings (SSSR count). The van der Waals surface area contributed by atoms with Gasteiger partial charge in [0.2, 0.25) is 5.78 Å². The number of aryl methyl sites for hydroxylation is 1. The van der Waals surface area contributed by atoms with E-state index in [0.29, 0.717) is 27.8 Å². The molecule has 0 bridgehead atoms. The predicted octanol–water partition coefficient (Wildman–Crippen LogP) is 3.47. The van der Waals surface area contributed by atoms with E-state index in [1.165, 1.54) is 14.2 Å². The zero-order chi connectivity index (χ0) is 19.1. The van der Waals surface area contributed by atoms with E-state index < -0.39 is 12.6 Å². The van der Waals surface area contributed by atoms with Gasteiger partial charge in [-0.1, -0.05) is 11.6 Å². The SMILES string of the molecule is COc1ccc(C(=O)COC(=O)COc2ccc(Cl)c(C)c2)c(OC)c1. The molecule has 0 saturated heterocycles. The zero-order valence-electron chi connectivity index (χ0n) is 14.7. The molecule has 0 aliphatic rings. The molecule has 0 aromatic heterocycles. The molecule has 0 fully saturated rings. The number of carbonyl (C=O) groups is 2. The maximum absolute atomic E-state index is 12.2. The Labute approximate surface area is 156 Å². The first kappa shape index (κ1) is 19.6. The standard InChI is InChI=1S/C19H19ClO6/c1-12-8-14(5-7-16(12)20)25-11-19(22)26-10-17(21)15-6-4-13(23-2)9-18(15)24-3/h4-9H,10-11H2,1-3H3. The average molecular weight is 379 g/mol. The molecule has 0 aliphatic carbocycles. The number of rotatable bonds is 8. The quantitative estimate of drug-likeness (QED) is 0.517. The maximum Gasteiger partial charge on any atom is 0.344 e. The Morgan fingerprint density at radius 1 is 0.962 bits per heavy atom. The summed E-state index contributed by atoms with van der Waals surface area (Å²) in [7, 11) is 2.96. The second-order valence-corrected chi connectivity index (χ2v) is 5.76. The number of halogens is 1. The number of esters is 1. The Morgan fingerprint density at radius 2 is 1.69 bits per heavy atom. The molecule has 0 amide bonds. The summed E-state index contributed by atoms with van der Waals surface area (Å²) in [4.78, 5) is 24.0. The number of carbonyl (C=O) groups excluding carboxylic acids is 2. The van der Waals surface area contributed by atoms with Crippen molar-refractivity contribution in [2.75, 3.05) is 27.4 Å². The molecule has 0 aliphatic heterocycles. The monoisotopic (exact) mass is 378 g/mol. The predicted molar refractivity (Wildman–Crippen MR) is 96.5 cm³/mol. The molecule has 0 saturated carbocycles. The highest BCUT2D eigenvalue weighted by molar-refractivity contribution is 6.31. The summed E-state index contributed by atoms with van der Waals surface area (Å²) in [6, 6.07) is 9.81. The molecule has 7 heteroatoms. The van der Waals surface area contributed by atoms with Gasteiger partial charge < -0.3 is 18.9 Å². The van der Waals surface area contributed by atoms with E-state index in [1.54, 1.807) is 36.4 Å². The molecule has 0 heterocycles. The van der Waals surface area contributed by atoms with Gasteiger partial charge in [-0.25, -0.2) is 4.79 Å². The first-order chi connectivity index (χ1) is 12.4. The van der Waals surface area contributed by atoms with Gasteiger partial charge in [0, 0.05) is 11.1 Å². The minimum Gasteiger partial charge on any atom is -0.497 e. The summed E-state index contributed by atoms with van der Waals surface area (Å²) in [5.74, 6) is 0.353. The van der Waals surface area contributed by atoms with Crippen molar-refractivity contribution in [2.24, 2.45) is 0 Å². The Balaban J connectivity index is 1.88. The summed E-state index contributed by atoms with van der Waals surface area (Å²) in [6.07, 6.45) is 0. The van der Waals surface area contributed by atoms with Crippen LogP contribution in [0.2, 0.25) is 5.02 Å². The van der Waals surface area contributed by atoms with E-state index in [4.69, 9.17) is 30.5 Å². The number of Topliss-reactive ketones (excluding diaryl/α,β-unsaturated/α-hetero) is 1. The van der Waals surface area contributed by atoms with Crippen LogP contribution in [-0.2, 0) is 9.53 Å². The normalized spacial score (nSPS) is 10.2. The Bertz CT molecular complexity index is 803. The number of ketones is 1. The van der Waals surface area contributed by atoms with E-state index in [1.807, 2.05) is 6.92 Å². The number of benzene rings is 2. The van der Waals surface area contributed by atoms with Gasteiger partial charge in [0.25, 0.3) is 0 Å². The lowest BCUT2D eigenvalue weighted by Gasteiger charge is -2.10. The Morgan fingerprint density at radius 3 is 2.35 bits per heavy atom. The van der Waals surface area contributed by atoms with Gasteiger partial charge >= 0.3 is 5.97 Å². The highest BCUT2D eigenvalue weighted by Gasteiger charge is 2.16. The number of ether oxygens (including phenoxy) is 4. The Kier molecular flexibility index (Phi) is 6.86. The van der Waals surface area contributed by atoms with Gasteiger partial charge in [-0.2, -0.15) is 0 Å². The highest BCUT2D eigenvalue weighted by Crippen LogP contribution is 2.25. The van der Waals surface area contributed by atoms with Crippen molar-refractivity contribution in [3.63, 3.8) is 0 Å². The summed E-state index contributed by atoms with van der Waals surface area (Å²) in [6.45, 7) is 1.10. The van der Waals surface area contributed by atoms with Crippen molar-refractivity contribution < 1.29 is 28.5 Å². The van der Waals surface area contributed by atoms with Crippen molar-refractivity contribution >= 4 is 23.4 Å². The van der Waals surface area contributed by atoms with Gasteiger partial charge in [-0.05, 0) is 42.8 Å². The summed E-state index contributed by atoms with van der Waals surface area (Å²) < 4.78 is 20.5. The van der Waals surface area contributed by atoms with Crippen LogP contribution in [0.5, 0.6) is 17.2 Å². The lowest BCUT2D eigenvalue weighted by molar-refractivity contribution is -0.144. The molecule has 26 heavy (non-hydrogen) atoms. The van der Waals surface area contributed by atoms with Crippen molar-refractivity contribution in [3.05, 3.63) is 52.5 Å². The number of methoxy groups -OCH3 is 2. The number of hydrogen-bond donors (Lipinski definition) is 0. The van der Waals surface area contributed by atoms with Gasteiger partial charge in [-0.15, -0.1) is 0 Å². The molecule has 6 nitrogen and oxygen atoms in total. The molecule has 0 spiro atoms. The second kappa shape index (κ2) is 9.10. The van der Waals surface area contributed by atoms with E-state index in [9.17, 15) is 9.59 Å². The van der Waals surface area contributed by atoms with E-state index in [2.05, 4.69) is 0 Å². The third kappa shape index (κ3) is 5.13. The second-order valence-electron chi connectivity index (χ2n) is 5.35. The van der Waals surface area contributed by atoms with Crippen LogP contribution in [-0.4, -0.2) is 39.2 Å². The van der Waals surface area contributed by atoms with E-state index >= 15 is 0 Å². The van der Waals surface area contributed by atoms with Crippen LogP contribution in [0.15, 0.2) is 36.4 Å². The van der Waals surface area contributed by atoms with Crippen LogP contribution in [0.1, 0.15) is 15.9 Å². The van der Waals surface area contributed by atoms with Gasteiger partial charge in [0.05, 0.1) is 19.8 Å². The molecule has 0 atom stereocenters. The van der Waals surface area contributed by atoms with Crippen molar-refractivity contribution in [1.82, 2.24) is 0 Å². The molecule has 2 aromatic rings. The van der Waals surface area contributed by atoms with Crippen molar-refractivity contribution in [2.45, 2.75) is 6.92 Å². The van der Waals surface area contributed by atoms with Crippen LogP contribution in [0.3, 0.4) is 0 Å². The molecule has 0 unspecified atom stereocenters. The summed E-state index contributed by atoms with van der Waals surface area (Å²) in [5.41, 5.74) is 1.13. The Hall–Kier alpha value is -2.73. The fourth-order valence-electron chi connectivity index (χ4n) is 2.14. The highest BCUT2D eigenvalue weighted by atomic mass is 35.5. The van der Waals surface area contributed by atoms with Crippen LogP contribution in [0.4, 0.5) is 0 Å². The molecule has 138 valence electrons. The van der Waals surface area contributed by atoms with Crippen LogP contribution < -0.4 is 14.2 Å². The summed E-state index contributed by atoms with van der Waals surface area (Å²) in [5, 5.41) is 0.610. The van der Waals surface area contributed by atoms with Crippen LogP contribution >= 0.6 is 11.6 Å². The van der Waals surface area contributed by atoms with Crippen LogP contribution in [0.25, 0.3) is 0 Å². The number of hydrogen-bond acceptors (Lipinski definition) is 6. The maximum atomic E-state index is 12.2. The largest absolute Gasteiger partial charge is 0.497 e. The minimum atomic E-state index is -0.654. The van der Waals surface area contributed by atoms with Gasteiger partial charge in [-0.3, -0.25) is 4.79 Å². The summed E-state index contributed by atoms with van der Waals surface area (Å²) >= 11 is 5.93. The first-order valence-corrected chi connectivity index (χ1v) is 8.12. The van der Waals surface area contributed by atoms with Gasteiger partial charge in [0.15, 0.2) is 13.2 Å². The third-order valence-electron chi connectivity index (χ3n) is 3.56. The fourth-order valence-corrected chi connectivity index (χ4v) is 2.26. The van der Waals surface area contributed by atoms with Crippen LogP contribution in [0, 0.1) is 6.92 Å². The first-order valence-electron chi connectivity index (χ1n) is 7.74. The molecule has 0 N–H and O–H groups in total. The van der Waals surface area contributed by atoms with E-state index in [0.717, 1.165) is 5.56 Å². The lowest BCUT2D eigenvalue weighted by atomic mass is 10.1. The topological polar surface area (TPSA) is 71.1 Å². The van der Waals surface area contributed by atoms with Gasteiger partial charge in [0.1, 0.15) is 17.2 Å². The zero-order valence-corrected chi connectivity index (χ0v) is 15.5. The van der Waals surface area contributed by atoms with Crippen molar-refractivity contribution in [3.8, 4) is 17.2 Å². The molecule has 0 radical (unpaired) electrons. The lowest BCUT2D eigenvalue weighted by Crippen LogP contribution is -2.20. The average Bonchev–Trinajstić information content (AvgIpc) is 2.66. The van der Waals surface area contributed by atoms with Crippen molar-refractivity contribution in [1.29, 1.82) is 0 Å². The molecular formula is C19H19ClO6. The third-order valence-corrected chi connectivity index (χ3v) is 3.98. The fraction of sp³-hybridized carbons (Fsp3) is 0.263. The minimum absolute atomic E-state index is 0.301.